The molecule has 0 aliphatic rings. The average Bonchev–Trinajstić information content (AvgIpc) is 2.66. The Balaban J connectivity index is 1.69. The zero-order valence-corrected chi connectivity index (χ0v) is 14.6. The van der Waals surface area contributed by atoms with E-state index in [0.717, 1.165) is 12.1 Å². The second-order valence-electron chi connectivity index (χ2n) is 5.59. The zero-order chi connectivity index (χ0) is 19.4. The molecule has 27 heavy (non-hydrogen) atoms. The van der Waals surface area contributed by atoms with Gasteiger partial charge in [-0.15, -0.1) is 0 Å². The monoisotopic (exact) mass is 386 g/mol. The van der Waals surface area contributed by atoms with Crippen LogP contribution in [-0.4, -0.2) is 11.8 Å². The van der Waals surface area contributed by atoms with Crippen LogP contribution in [-0.2, 0) is 0 Å². The Morgan fingerprint density at radius 3 is 1.93 bits per heavy atom. The van der Waals surface area contributed by atoms with E-state index in [0.29, 0.717) is 16.3 Å². The van der Waals surface area contributed by atoms with E-state index in [1.165, 1.54) is 30.3 Å². The normalized spacial score (nSPS) is 10.3. The van der Waals surface area contributed by atoms with Crippen molar-refractivity contribution in [1.82, 2.24) is 0 Å². The second-order valence-corrected chi connectivity index (χ2v) is 6.00. The smallest absolute Gasteiger partial charge is 0.255 e. The summed E-state index contributed by atoms with van der Waals surface area (Å²) in [7, 11) is 0. The highest BCUT2D eigenvalue weighted by Crippen LogP contribution is 2.21. The van der Waals surface area contributed by atoms with Gasteiger partial charge < -0.3 is 10.6 Å². The molecule has 0 bridgehead atoms. The topological polar surface area (TPSA) is 58.2 Å². The molecular formula is C20H13ClF2N2O2. The third-order valence-electron chi connectivity index (χ3n) is 3.71. The standard InChI is InChI=1S/C20H13ClF2N2O2/c21-15-3-1-2-4-18(15)25-20(27)13-7-5-12(6-8-13)19(26)24-14-9-10-16(22)17(23)11-14/h1-11H,(H,24,26)(H,25,27). The molecule has 4 nitrogen and oxygen atoms in total. The number of para-hydroxylation sites is 1. The van der Waals surface area contributed by atoms with Crippen molar-refractivity contribution < 1.29 is 18.4 Å². The lowest BCUT2D eigenvalue weighted by atomic mass is 10.1. The number of hydrogen-bond acceptors (Lipinski definition) is 2. The Morgan fingerprint density at radius 2 is 1.33 bits per heavy atom. The first-order valence-electron chi connectivity index (χ1n) is 7.86. The average molecular weight is 387 g/mol. The van der Waals surface area contributed by atoms with E-state index in [1.807, 2.05) is 0 Å². The van der Waals surface area contributed by atoms with Gasteiger partial charge in [0.15, 0.2) is 11.6 Å². The lowest BCUT2D eigenvalue weighted by molar-refractivity contribution is 0.101. The van der Waals surface area contributed by atoms with Crippen LogP contribution in [0.5, 0.6) is 0 Å². The van der Waals surface area contributed by atoms with Crippen molar-refractivity contribution in [2.75, 3.05) is 10.6 Å². The number of carbonyl (C=O) groups is 2. The van der Waals surface area contributed by atoms with E-state index >= 15 is 0 Å². The summed E-state index contributed by atoms with van der Waals surface area (Å²) in [6.45, 7) is 0. The lowest BCUT2D eigenvalue weighted by Gasteiger charge is -2.08. The predicted molar refractivity (Wildman–Crippen MR) is 100 cm³/mol. The molecule has 0 aliphatic carbocycles. The summed E-state index contributed by atoms with van der Waals surface area (Å²) in [4.78, 5) is 24.4. The van der Waals surface area contributed by atoms with Gasteiger partial charge in [-0.25, -0.2) is 8.78 Å². The van der Waals surface area contributed by atoms with Gasteiger partial charge in [0.05, 0.1) is 10.7 Å². The first kappa shape index (κ1) is 18.5. The molecule has 2 N–H and O–H groups in total. The van der Waals surface area contributed by atoms with Crippen LogP contribution < -0.4 is 10.6 Å². The minimum absolute atomic E-state index is 0.124. The van der Waals surface area contributed by atoms with Gasteiger partial charge in [0.25, 0.3) is 11.8 Å². The number of benzene rings is 3. The number of hydrogen-bond donors (Lipinski definition) is 2. The molecule has 0 aromatic heterocycles. The van der Waals surface area contributed by atoms with Gasteiger partial charge in [-0.2, -0.15) is 0 Å². The van der Waals surface area contributed by atoms with E-state index < -0.39 is 17.5 Å². The second kappa shape index (κ2) is 7.97. The summed E-state index contributed by atoms with van der Waals surface area (Å²) in [5.74, 6) is -2.95. The summed E-state index contributed by atoms with van der Waals surface area (Å²) in [5, 5.41) is 5.55. The summed E-state index contributed by atoms with van der Waals surface area (Å²) in [5.41, 5.74) is 1.19. The van der Waals surface area contributed by atoms with E-state index in [9.17, 15) is 18.4 Å². The third kappa shape index (κ3) is 4.48. The van der Waals surface area contributed by atoms with Crippen LogP contribution in [0.1, 0.15) is 20.7 Å². The van der Waals surface area contributed by atoms with Gasteiger partial charge in [0.2, 0.25) is 0 Å². The minimum atomic E-state index is -1.06. The molecule has 0 saturated heterocycles. The molecule has 0 heterocycles. The van der Waals surface area contributed by atoms with Crippen molar-refractivity contribution in [2.24, 2.45) is 0 Å². The molecule has 0 saturated carbocycles. The molecule has 0 unspecified atom stereocenters. The molecular weight excluding hydrogens is 374 g/mol. The van der Waals surface area contributed by atoms with E-state index in [-0.39, 0.29) is 17.2 Å². The maximum absolute atomic E-state index is 13.2. The van der Waals surface area contributed by atoms with Crippen molar-refractivity contribution in [1.29, 1.82) is 0 Å². The Kier molecular flexibility index (Phi) is 5.47. The molecule has 136 valence electrons. The van der Waals surface area contributed by atoms with Gasteiger partial charge in [-0.3, -0.25) is 9.59 Å². The fourth-order valence-corrected chi connectivity index (χ4v) is 2.49. The first-order valence-corrected chi connectivity index (χ1v) is 8.24. The number of halogens is 3. The summed E-state index contributed by atoms with van der Waals surface area (Å²) >= 11 is 6.00. The van der Waals surface area contributed by atoms with E-state index in [1.54, 1.807) is 24.3 Å². The molecule has 2 amide bonds. The van der Waals surface area contributed by atoms with Crippen molar-refractivity contribution in [3.8, 4) is 0 Å². The maximum Gasteiger partial charge on any atom is 0.255 e. The molecule has 0 fully saturated rings. The van der Waals surface area contributed by atoms with Crippen molar-refractivity contribution in [3.05, 3.63) is 94.5 Å². The van der Waals surface area contributed by atoms with Crippen LogP contribution >= 0.6 is 11.6 Å². The van der Waals surface area contributed by atoms with Crippen LogP contribution in [0.15, 0.2) is 66.7 Å². The van der Waals surface area contributed by atoms with Gasteiger partial charge in [0, 0.05) is 22.9 Å². The van der Waals surface area contributed by atoms with Crippen LogP contribution in [0, 0.1) is 11.6 Å². The SMILES string of the molecule is O=C(Nc1ccc(F)c(F)c1)c1ccc(C(=O)Nc2ccccc2Cl)cc1. The Hall–Kier alpha value is -3.25. The van der Waals surface area contributed by atoms with Crippen LogP contribution in [0.4, 0.5) is 20.2 Å². The number of nitrogens with one attached hydrogen (secondary N) is 2. The number of amides is 2. The highest BCUT2D eigenvalue weighted by atomic mass is 35.5. The highest BCUT2D eigenvalue weighted by molar-refractivity contribution is 6.33. The van der Waals surface area contributed by atoms with E-state index in [4.69, 9.17) is 11.6 Å². The van der Waals surface area contributed by atoms with Gasteiger partial charge in [-0.1, -0.05) is 23.7 Å². The molecule has 0 atom stereocenters. The molecule has 7 heteroatoms. The third-order valence-corrected chi connectivity index (χ3v) is 4.04. The summed E-state index contributed by atoms with van der Waals surface area (Å²) in [6, 6.07) is 15.7. The predicted octanol–water partition coefficient (Wildman–Crippen LogP) is 5.12. The van der Waals surface area contributed by atoms with Gasteiger partial charge in [0.1, 0.15) is 0 Å². The van der Waals surface area contributed by atoms with Crippen molar-refractivity contribution in [2.45, 2.75) is 0 Å². The van der Waals surface area contributed by atoms with Crippen molar-refractivity contribution in [3.63, 3.8) is 0 Å². The Morgan fingerprint density at radius 1 is 0.741 bits per heavy atom. The molecule has 0 spiro atoms. The first-order chi connectivity index (χ1) is 12.9. The van der Waals surface area contributed by atoms with Crippen LogP contribution in [0.2, 0.25) is 5.02 Å². The lowest BCUT2D eigenvalue weighted by Crippen LogP contribution is -2.14. The van der Waals surface area contributed by atoms with E-state index in [2.05, 4.69) is 10.6 Å². The zero-order valence-electron chi connectivity index (χ0n) is 13.8. The largest absolute Gasteiger partial charge is 0.322 e. The van der Waals surface area contributed by atoms with Gasteiger partial charge in [-0.05, 0) is 48.5 Å². The molecule has 3 aromatic rings. The fourth-order valence-electron chi connectivity index (χ4n) is 2.31. The molecule has 3 rings (SSSR count). The summed E-state index contributed by atoms with van der Waals surface area (Å²) in [6.07, 6.45) is 0. The van der Waals surface area contributed by atoms with Crippen LogP contribution in [0.3, 0.4) is 0 Å². The number of carbonyl (C=O) groups excluding carboxylic acids is 2. The number of anilines is 2. The minimum Gasteiger partial charge on any atom is -0.322 e. The number of rotatable bonds is 4. The molecule has 0 aliphatic heterocycles. The quantitative estimate of drug-likeness (QED) is 0.653. The summed E-state index contributed by atoms with van der Waals surface area (Å²) < 4.78 is 26.1. The Bertz CT molecular complexity index is 1010. The molecule has 3 aromatic carbocycles. The maximum atomic E-state index is 13.2. The Labute approximate surface area is 158 Å². The van der Waals surface area contributed by atoms with Gasteiger partial charge >= 0.3 is 0 Å². The van der Waals surface area contributed by atoms with Crippen molar-refractivity contribution >= 4 is 34.8 Å². The fraction of sp³-hybridized carbons (Fsp3) is 0. The highest BCUT2D eigenvalue weighted by Gasteiger charge is 2.11. The van der Waals surface area contributed by atoms with Crippen LogP contribution in [0.25, 0.3) is 0 Å². The molecule has 0 radical (unpaired) electrons.